The number of Topliss-reactive ketones (excluding diaryl/α,β-unsaturated/α-hetero) is 1. The molecule has 4 rings (SSSR count). The van der Waals surface area contributed by atoms with E-state index in [-0.39, 0.29) is 17.2 Å². The third-order valence-corrected chi connectivity index (χ3v) is 6.47. The van der Waals surface area contributed by atoms with Crippen molar-refractivity contribution in [1.29, 1.82) is 0 Å². The van der Waals surface area contributed by atoms with E-state index >= 15 is 0 Å². The first-order valence-corrected chi connectivity index (χ1v) is 10.9. The van der Waals surface area contributed by atoms with Crippen molar-refractivity contribution in [3.63, 3.8) is 0 Å². The molecule has 0 bridgehead atoms. The highest BCUT2D eigenvalue weighted by Gasteiger charge is 2.40. The first-order valence-electron chi connectivity index (χ1n) is 10.9. The highest BCUT2D eigenvalue weighted by molar-refractivity contribution is 6.01. The van der Waals surface area contributed by atoms with E-state index in [9.17, 15) is 4.79 Å². The van der Waals surface area contributed by atoms with Gasteiger partial charge in [0.05, 0.1) is 38.7 Å². The number of aryl methyl sites for hydroxylation is 2. The van der Waals surface area contributed by atoms with E-state index < -0.39 is 0 Å². The van der Waals surface area contributed by atoms with Gasteiger partial charge in [-0.15, -0.1) is 0 Å². The van der Waals surface area contributed by atoms with E-state index in [1.54, 1.807) is 21.3 Å². The molecule has 0 aromatic heterocycles. The molecule has 1 aliphatic heterocycles. The highest BCUT2D eigenvalue weighted by atomic mass is 16.5. The van der Waals surface area contributed by atoms with Gasteiger partial charge < -0.3 is 24.8 Å². The van der Waals surface area contributed by atoms with Gasteiger partial charge in [-0.25, -0.2) is 0 Å². The van der Waals surface area contributed by atoms with E-state index in [1.165, 1.54) is 11.1 Å². The highest BCUT2D eigenvalue weighted by Crippen LogP contribution is 2.48. The Morgan fingerprint density at radius 1 is 0.844 bits per heavy atom. The topological polar surface area (TPSA) is 68.8 Å². The molecule has 1 aliphatic carbocycles. The summed E-state index contributed by atoms with van der Waals surface area (Å²) in [5.41, 5.74) is 6.75. The number of hydrogen-bond acceptors (Lipinski definition) is 6. The van der Waals surface area contributed by atoms with Crippen LogP contribution in [0.1, 0.15) is 49.4 Å². The Hall–Kier alpha value is -3.15. The minimum absolute atomic E-state index is 0.112. The molecule has 0 unspecified atom stereocenters. The summed E-state index contributed by atoms with van der Waals surface area (Å²) in [5, 5.41) is 7.25. The summed E-state index contributed by atoms with van der Waals surface area (Å²) in [6, 6.07) is 7.60. The van der Waals surface area contributed by atoms with E-state index in [0.29, 0.717) is 23.7 Å². The molecule has 0 saturated carbocycles. The summed E-state index contributed by atoms with van der Waals surface area (Å²) in [6.07, 6.45) is 1.28. The Morgan fingerprint density at radius 2 is 1.44 bits per heavy atom. The number of ether oxygens (including phenoxy) is 3. The van der Waals surface area contributed by atoms with Gasteiger partial charge in [0.1, 0.15) is 5.75 Å². The van der Waals surface area contributed by atoms with Gasteiger partial charge in [-0.3, -0.25) is 4.79 Å². The van der Waals surface area contributed by atoms with Crippen LogP contribution in [0.15, 0.2) is 35.5 Å². The smallest absolute Gasteiger partial charge is 0.164 e. The summed E-state index contributed by atoms with van der Waals surface area (Å²) < 4.78 is 16.8. The van der Waals surface area contributed by atoms with Crippen LogP contribution in [0.25, 0.3) is 0 Å². The number of hydrogen-bond donors (Lipinski definition) is 2. The SMILES string of the molecule is COc1cc(OC)c([C@@H]2Nc3cc(C)c(C)cc3NC3=C2C(=O)CC(C)(C)C3)cc1OC. The molecule has 170 valence electrons. The summed E-state index contributed by atoms with van der Waals surface area (Å²) in [5.74, 6) is 1.95. The molecule has 2 N–H and O–H groups in total. The Bertz CT molecular complexity index is 1120. The zero-order valence-corrected chi connectivity index (χ0v) is 19.9. The van der Waals surface area contributed by atoms with E-state index in [2.05, 4.69) is 50.5 Å². The quantitative estimate of drug-likeness (QED) is 0.655. The fourth-order valence-electron chi connectivity index (χ4n) is 4.72. The Balaban J connectivity index is 1.96. The number of rotatable bonds is 4. The van der Waals surface area contributed by atoms with Crippen LogP contribution in [0.3, 0.4) is 0 Å². The first-order chi connectivity index (χ1) is 15.2. The van der Waals surface area contributed by atoms with Crippen LogP contribution >= 0.6 is 0 Å². The minimum Gasteiger partial charge on any atom is -0.496 e. The average Bonchev–Trinajstić information content (AvgIpc) is 2.88. The van der Waals surface area contributed by atoms with Gasteiger partial charge >= 0.3 is 0 Å². The normalized spacial score (nSPS) is 19.2. The number of benzene rings is 2. The summed E-state index contributed by atoms with van der Waals surface area (Å²) in [7, 11) is 4.83. The van der Waals surface area contributed by atoms with E-state index in [1.807, 2.05) is 12.1 Å². The van der Waals surface area contributed by atoms with Gasteiger partial charge in [0.2, 0.25) is 0 Å². The molecule has 2 aromatic rings. The van der Waals surface area contributed by atoms with Crippen molar-refractivity contribution in [2.75, 3.05) is 32.0 Å². The van der Waals surface area contributed by atoms with Crippen LogP contribution in [-0.2, 0) is 4.79 Å². The molecule has 0 spiro atoms. The van der Waals surface area contributed by atoms with Crippen LogP contribution in [0.4, 0.5) is 11.4 Å². The third kappa shape index (κ3) is 3.78. The molecule has 1 atom stereocenters. The first kappa shape index (κ1) is 22.1. The van der Waals surface area contributed by atoms with Gasteiger partial charge in [0.25, 0.3) is 0 Å². The van der Waals surface area contributed by atoms with Crippen LogP contribution in [0.5, 0.6) is 17.2 Å². The lowest BCUT2D eigenvalue weighted by Crippen LogP contribution is -2.31. The van der Waals surface area contributed by atoms with Gasteiger partial charge in [0, 0.05) is 29.3 Å². The van der Waals surface area contributed by atoms with Gasteiger partial charge in [-0.1, -0.05) is 13.8 Å². The van der Waals surface area contributed by atoms with Crippen molar-refractivity contribution < 1.29 is 19.0 Å². The molecule has 6 nitrogen and oxygen atoms in total. The number of anilines is 2. The van der Waals surface area contributed by atoms with Crippen molar-refractivity contribution in [2.45, 2.75) is 46.6 Å². The molecule has 0 fully saturated rings. The molecule has 2 aromatic carbocycles. The fourth-order valence-corrected chi connectivity index (χ4v) is 4.72. The van der Waals surface area contributed by atoms with Crippen LogP contribution in [0, 0.1) is 19.3 Å². The molecule has 0 radical (unpaired) electrons. The van der Waals surface area contributed by atoms with Crippen molar-refractivity contribution >= 4 is 17.2 Å². The number of ketones is 1. The molecule has 2 aliphatic rings. The molecule has 0 amide bonds. The lowest BCUT2D eigenvalue weighted by molar-refractivity contribution is -0.118. The van der Waals surface area contributed by atoms with Crippen molar-refractivity contribution in [3.05, 3.63) is 52.2 Å². The minimum atomic E-state index is -0.390. The average molecular weight is 437 g/mol. The molecule has 32 heavy (non-hydrogen) atoms. The second kappa shape index (κ2) is 8.08. The summed E-state index contributed by atoms with van der Waals surface area (Å²) >= 11 is 0. The van der Waals surface area contributed by atoms with Crippen molar-refractivity contribution in [1.82, 2.24) is 0 Å². The van der Waals surface area contributed by atoms with E-state index in [0.717, 1.165) is 34.6 Å². The zero-order valence-electron chi connectivity index (χ0n) is 19.9. The Labute approximate surface area is 189 Å². The number of fused-ring (bicyclic) bond motifs is 1. The summed E-state index contributed by atoms with van der Waals surface area (Å²) in [4.78, 5) is 13.5. The number of carbonyl (C=O) groups is 1. The molecular weight excluding hydrogens is 404 g/mol. The predicted octanol–water partition coefficient (Wildman–Crippen LogP) is 5.55. The molecule has 6 heteroatoms. The zero-order chi connectivity index (χ0) is 23.2. The number of allylic oxidation sites excluding steroid dienone is 1. The van der Waals surface area contributed by atoms with Crippen LogP contribution in [0.2, 0.25) is 0 Å². The third-order valence-electron chi connectivity index (χ3n) is 6.47. The molecular formula is C26H32N2O4. The number of nitrogens with one attached hydrogen (secondary N) is 2. The van der Waals surface area contributed by atoms with Gasteiger partial charge in [-0.05, 0) is 55.0 Å². The van der Waals surface area contributed by atoms with Gasteiger partial charge in [-0.2, -0.15) is 0 Å². The second-order valence-electron chi connectivity index (χ2n) is 9.47. The predicted molar refractivity (Wildman–Crippen MR) is 127 cm³/mol. The Morgan fingerprint density at radius 3 is 2.06 bits per heavy atom. The largest absolute Gasteiger partial charge is 0.496 e. The van der Waals surface area contributed by atoms with Crippen LogP contribution < -0.4 is 24.8 Å². The van der Waals surface area contributed by atoms with Gasteiger partial charge in [0.15, 0.2) is 17.3 Å². The summed E-state index contributed by atoms with van der Waals surface area (Å²) in [6.45, 7) is 8.47. The van der Waals surface area contributed by atoms with Crippen molar-refractivity contribution in [2.24, 2.45) is 5.41 Å². The maximum atomic E-state index is 13.5. The standard InChI is InChI=1S/C26H32N2O4/c1-14-8-17-18(9-15(14)2)28-25(24-19(27-17)12-26(3,4)13-20(24)29)16-10-22(31-6)23(32-7)11-21(16)30-5/h8-11,25,27-28H,12-13H2,1-7H3/t25-/m0/s1. The Kier molecular flexibility index (Phi) is 5.57. The monoisotopic (exact) mass is 436 g/mol. The molecule has 0 saturated heterocycles. The van der Waals surface area contributed by atoms with Crippen molar-refractivity contribution in [3.8, 4) is 17.2 Å². The van der Waals surface area contributed by atoms with Crippen LogP contribution in [-0.4, -0.2) is 27.1 Å². The van der Waals surface area contributed by atoms with E-state index in [4.69, 9.17) is 14.2 Å². The lowest BCUT2D eigenvalue weighted by Gasteiger charge is -2.34. The lowest BCUT2D eigenvalue weighted by atomic mass is 9.73. The number of methoxy groups -OCH3 is 3. The maximum absolute atomic E-state index is 13.5. The number of carbonyl (C=O) groups excluding carboxylic acids is 1. The molecule has 1 heterocycles. The second-order valence-corrected chi connectivity index (χ2v) is 9.47. The maximum Gasteiger partial charge on any atom is 0.164 e. The fraction of sp³-hybridized carbons (Fsp3) is 0.423.